The van der Waals surface area contributed by atoms with E-state index in [-0.39, 0.29) is 0 Å². The van der Waals surface area contributed by atoms with Crippen LogP contribution in [-0.4, -0.2) is 13.1 Å². The Balaban J connectivity index is 2.96. The maximum absolute atomic E-state index is 3.39. The molecular formula is C10H21N. The first-order valence-electron chi connectivity index (χ1n) is 4.63. The van der Waals surface area contributed by atoms with Crippen LogP contribution in [0.3, 0.4) is 0 Å². The van der Waals surface area contributed by atoms with Gasteiger partial charge in [-0.2, -0.15) is 0 Å². The zero-order valence-electron chi connectivity index (χ0n) is 8.06. The third-order valence-electron chi connectivity index (χ3n) is 1.44. The molecule has 0 fully saturated rings. The Labute approximate surface area is 70.9 Å². The first-order valence-corrected chi connectivity index (χ1v) is 4.63. The predicted molar refractivity (Wildman–Crippen MR) is 51.8 cm³/mol. The van der Waals surface area contributed by atoms with Crippen LogP contribution in [0.2, 0.25) is 0 Å². The van der Waals surface area contributed by atoms with Gasteiger partial charge in [0.1, 0.15) is 0 Å². The van der Waals surface area contributed by atoms with Crippen molar-refractivity contribution in [1.82, 2.24) is 5.32 Å². The molecule has 0 amide bonds. The van der Waals surface area contributed by atoms with E-state index in [1.165, 1.54) is 6.42 Å². The van der Waals surface area contributed by atoms with E-state index in [0.717, 1.165) is 25.4 Å². The van der Waals surface area contributed by atoms with Crippen LogP contribution in [0.4, 0.5) is 0 Å². The summed E-state index contributed by atoms with van der Waals surface area (Å²) in [6, 6.07) is 0. The van der Waals surface area contributed by atoms with E-state index in [4.69, 9.17) is 0 Å². The van der Waals surface area contributed by atoms with Gasteiger partial charge in [0.2, 0.25) is 0 Å². The Hall–Kier alpha value is -0.300. The van der Waals surface area contributed by atoms with E-state index in [9.17, 15) is 0 Å². The van der Waals surface area contributed by atoms with Crippen molar-refractivity contribution in [1.29, 1.82) is 0 Å². The Kier molecular flexibility index (Phi) is 7.59. The lowest BCUT2D eigenvalue weighted by Crippen LogP contribution is -2.20. The molecule has 1 N–H and O–H groups in total. The number of allylic oxidation sites excluding steroid dienone is 1. The third kappa shape index (κ3) is 9.70. The van der Waals surface area contributed by atoms with Crippen LogP contribution in [0.5, 0.6) is 0 Å². The molecule has 0 atom stereocenters. The summed E-state index contributed by atoms with van der Waals surface area (Å²) in [6.07, 6.45) is 6.79. The molecule has 1 heteroatoms. The van der Waals surface area contributed by atoms with Gasteiger partial charge in [-0.15, -0.1) is 0 Å². The number of rotatable bonds is 6. The molecule has 0 radical (unpaired) electrons. The minimum atomic E-state index is 0.769. The molecule has 66 valence electrons. The third-order valence-corrected chi connectivity index (χ3v) is 1.44. The highest BCUT2D eigenvalue weighted by Crippen LogP contribution is 1.88. The predicted octanol–water partition coefficient (Wildman–Crippen LogP) is 2.59. The maximum Gasteiger partial charge on any atom is -0.00142 e. The second-order valence-electron chi connectivity index (χ2n) is 3.27. The van der Waals surface area contributed by atoms with Gasteiger partial charge in [0.15, 0.2) is 0 Å². The minimum Gasteiger partial charge on any atom is -0.316 e. The lowest BCUT2D eigenvalue weighted by Gasteiger charge is -2.04. The summed E-state index contributed by atoms with van der Waals surface area (Å²) in [5, 5.41) is 3.39. The normalized spacial score (nSPS) is 11.6. The highest BCUT2D eigenvalue weighted by molar-refractivity contribution is 4.80. The van der Waals surface area contributed by atoms with Crippen molar-refractivity contribution >= 4 is 0 Å². The molecule has 0 aliphatic heterocycles. The van der Waals surface area contributed by atoms with Gasteiger partial charge in [-0.05, 0) is 31.8 Å². The number of hydrogen-bond donors (Lipinski definition) is 1. The summed E-state index contributed by atoms with van der Waals surface area (Å²) in [7, 11) is 0. The highest BCUT2D eigenvalue weighted by atomic mass is 14.8. The smallest absolute Gasteiger partial charge is 0.00142 e. The van der Waals surface area contributed by atoms with Crippen molar-refractivity contribution in [2.24, 2.45) is 5.92 Å². The fraction of sp³-hybridized carbons (Fsp3) is 0.800. The molecule has 0 aromatic rings. The van der Waals surface area contributed by atoms with Crippen LogP contribution in [0, 0.1) is 5.92 Å². The second kappa shape index (κ2) is 7.80. The van der Waals surface area contributed by atoms with Gasteiger partial charge in [-0.3, -0.25) is 0 Å². The molecule has 0 spiro atoms. The van der Waals surface area contributed by atoms with Gasteiger partial charge < -0.3 is 5.32 Å². The molecule has 0 aliphatic carbocycles. The van der Waals surface area contributed by atoms with Crippen molar-refractivity contribution < 1.29 is 0 Å². The molecule has 0 aromatic heterocycles. The Morgan fingerprint density at radius 1 is 1.27 bits per heavy atom. The topological polar surface area (TPSA) is 12.0 Å². The first kappa shape index (κ1) is 10.7. The van der Waals surface area contributed by atoms with Crippen molar-refractivity contribution in [3.63, 3.8) is 0 Å². The van der Waals surface area contributed by atoms with E-state index < -0.39 is 0 Å². The largest absolute Gasteiger partial charge is 0.316 e. The standard InChI is InChI=1S/C10H21N/c1-4-5-6-7-8-11-9-10(2)3/h5-6,10-11H,4,7-9H2,1-3H3. The quantitative estimate of drug-likeness (QED) is 0.459. The van der Waals surface area contributed by atoms with E-state index in [1.54, 1.807) is 0 Å². The highest BCUT2D eigenvalue weighted by Gasteiger charge is 1.89. The fourth-order valence-electron chi connectivity index (χ4n) is 0.861. The fourth-order valence-corrected chi connectivity index (χ4v) is 0.861. The van der Waals surface area contributed by atoms with Crippen LogP contribution in [0.25, 0.3) is 0 Å². The number of nitrogens with one attached hydrogen (secondary N) is 1. The van der Waals surface area contributed by atoms with Gasteiger partial charge in [-0.1, -0.05) is 32.9 Å². The van der Waals surface area contributed by atoms with Gasteiger partial charge in [0, 0.05) is 0 Å². The van der Waals surface area contributed by atoms with E-state index in [2.05, 4.69) is 38.2 Å². The van der Waals surface area contributed by atoms with Crippen molar-refractivity contribution in [3.8, 4) is 0 Å². The van der Waals surface area contributed by atoms with Gasteiger partial charge in [-0.25, -0.2) is 0 Å². The molecule has 0 saturated carbocycles. The summed E-state index contributed by atoms with van der Waals surface area (Å²) in [5.41, 5.74) is 0. The molecule has 0 aromatic carbocycles. The molecule has 11 heavy (non-hydrogen) atoms. The molecular weight excluding hydrogens is 134 g/mol. The van der Waals surface area contributed by atoms with Crippen LogP contribution in [0.1, 0.15) is 33.6 Å². The average Bonchev–Trinajstić information content (AvgIpc) is 1.96. The van der Waals surface area contributed by atoms with E-state index in [0.29, 0.717) is 0 Å². The van der Waals surface area contributed by atoms with Crippen LogP contribution < -0.4 is 5.32 Å². The van der Waals surface area contributed by atoms with E-state index in [1.807, 2.05) is 0 Å². The van der Waals surface area contributed by atoms with Crippen LogP contribution in [0.15, 0.2) is 12.2 Å². The Bertz CT molecular complexity index is 95.0. The van der Waals surface area contributed by atoms with E-state index >= 15 is 0 Å². The van der Waals surface area contributed by atoms with Crippen LogP contribution >= 0.6 is 0 Å². The molecule has 0 bridgehead atoms. The van der Waals surface area contributed by atoms with Gasteiger partial charge in [0.05, 0.1) is 0 Å². The lowest BCUT2D eigenvalue weighted by atomic mass is 10.2. The van der Waals surface area contributed by atoms with Gasteiger partial charge in [0.25, 0.3) is 0 Å². The van der Waals surface area contributed by atoms with Crippen LogP contribution in [-0.2, 0) is 0 Å². The van der Waals surface area contributed by atoms with Crippen molar-refractivity contribution in [3.05, 3.63) is 12.2 Å². The summed E-state index contributed by atoms with van der Waals surface area (Å²) in [4.78, 5) is 0. The summed E-state index contributed by atoms with van der Waals surface area (Å²) >= 11 is 0. The SMILES string of the molecule is CCC=CCCNCC(C)C. The molecule has 0 heterocycles. The summed E-state index contributed by atoms with van der Waals surface area (Å²) in [6.45, 7) is 8.89. The maximum atomic E-state index is 3.39. The Morgan fingerprint density at radius 3 is 2.55 bits per heavy atom. The lowest BCUT2D eigenvalue weighted by molar-refractivity contribution is 0.556. The number of hydrogen-bond acceptors (Lipinski definition) is 1. The summed E-state index contributed by atoms with van der Waals surface area (Å²) in [5.74, 6) is 0.769. The molecule has 0 aliphatic rings. The summed E-state index contributed by atoms with van der Waals surface area (Å²) < 4.78 is 0. The zero-order valence-corrected chi connectivity index (χ0v) is 8.06. The molecule has 0 saturated heterocycles. The molecule has 0 unspecified atom stereocenters. The zero-order chi connectivity index (χ0) is 8.53. The second-order valence-corrected chi connectivity index (χ2v) is 3.27. The van der Waals surface area contributed by atoms with Crippen molar-refractivity contribution in [2.45, 2.75) is 33.6 Å². The minimum absolute atomic E-state index is 0.769. The molecule has 1 nitrogen and oxygen atoms in total. The first-order chi connectivity index (χ1) is 5.27. The molecule has 0 rings (SSSR count). The van der Waals surface area contributed by atoms with Gasteiger partial charge >= 0.3 is 0 Å². The monoisotopic (exact) mass is 155 g/mol. The average molecular weight is 155 g/mol. The van der Waals surface area contributed by atoms with Crippen molar-refractivity contribution in [2.75, 3.05) is 13.1 Å². The Morgan fingerprint density at radius 2 is 2.00 bits per heavy atom.